The van der Waals surface area contributed by atoms with Crippen molar-refractivity contribution in [2.24, 2.45) is 0 Å². The van der Waals surface area contributed by atoms with Crippen LogP contribution in [0.3, 0.4) is 0 Å². The van der Waals surface area contributed by atoms with E-state index in [2.05, 4.69) is 0 Å². The minimum absolute atomic E-state index is 0.0822. The van der Waals surface area contributed by atoms with Crippen molar-refractivity contribution in [2.75, 3.05) is 31.3 Å². The molecule has 1 aromatic rings. The summed E-state index contributed by atoms with van der Waals surface area (Å²) >= 11 is 0. The Bertz CT molecular complexity index is 414. The molecular weight excluding hydrogens is 252 g/mol. The average Bonchev–Trinajstić information content (AvgIpc) is 2.35. The van der Waals surface area contributed by atoms with Crippen LogP contribution in [0.25, 0.3) is 0 Å². The van der Waals surface area contributed by atoms with Gasteiger partial charge in [0.25, 0.3) is 0 Å². The van der Waals surface area contributed by atoms with E-state index in [0.29, 0.717) is 19.6 Å². The molecular formula is C13H20O4S. The number of sulfone groups is 1. The Morgan fingerprint density at radius 2 is 1.78 bits per heavy atom. The second-order valence-corrected chi connectivity index (χ2v) is 6.38. The number of ether oxygens (including phenoxy) is 1. The van der Waals surface area contributed by atoms with Gasteiger partial charge in [0.2, 0.25) is 0 Å². The summed E-state index contributed by atoms with van der Waals surface area (Å²) in [6.45, 7) is 0.735. The monoisotopic (exact) mass is 272 g/mol. The highest BCUT2D eigenvalue weighted by molar-refractivity contribution is 7.91. The van der Waals surface area contributed by atoms with Crippen LogP contribution in [-0.2, 0) is 21.0 Å². The lowest BCUT2D eigenvalue weighted by Crippen LogP contribution is -2.15. The first kappa shape index (κ1) is 15.1. The molecule has 5 heteroatoms. The Morgan fingerprint density at radius 3 is 2.44 bits per heavy atom. The SMILES string of the molecule is O=S(=O)(CCO)CCCOCCc1ccccc1. The Hall–Kier alpha value is -0.910. The summed E-state index contributed by atoms with van der Waals surface area (Å²) in [6.07, 6.45) is 1.32. The van der Waals surface area contributed by atoms with E-state index in [9.17, 15) is 8.42 Å². The Labute approximate surface area is 109 Å². The lowest BCUT2D eigenvalue weighted by Gasteiger charge is -2.05. The Balaban J connectivity index is 2.06. The summed E-state index contributed by atoms with van der Waals surface area (Å²) < 4.78 is 27.9. The molecule has 0 fully saturated rings. The molecule has 0 aromatic heterocycles. The van der Waals surface area contributed by atoms with Gasteiger partial charge in [0.15, 0.2) is 9.84 Å². The number of hydrogen-bond donors (Lipinski definition) is 1. The molecule has 0 atom stereocenters. The highest BCUT2D eigenvalue weighted by Crippen LogP contribution is 2.00. The molecule has 0 spiro atoms. The Kier molecular flexibility index (Phi) is 6.93. The predicted octanol–water partition coefficient (Wildman–Crippen LogP) is 1.04. The molecule has 0 unspecified atom stereocenters. The maximum atomic E-state index is 11.3. The summed E-state index contributed by atoms with van der Waals surface area (Å²) in [6, 6.07) is 10.0. The number of rotatable bonds is 9. The van der Waals surface area contributed by atoms with Gasteiger partial charge in [0, 0.05) is 6.61 Å². The van der Waals surface area contributed by atoms with Crippen LogP contribution in [0.5, 0.6) is 0 Å². The summed E-state index contributed by atoms with van der Waals surface area (Å²) in [5.74, 6) is -0.0735. The van der Waals surface area contributed by atoms with Crippen LogP contribution >= 0.6 is 0 Å². The molecule has 0 saturated heterocycles. The maximum absolute atomic E-state index is 11.3. The molecule has 1 rings (SSSR count). The molecule has 0 aliphatic carbocycles. The fraction of sp³-hybridized carbons (Fsp3) is 0.538. The normalized spacial score (nSPS) is 11.6. The van der Waals surface area contributed by atoms with Gasteiger partial charge in [-0.2, -0.15) is 0 Å². The third-order valence-electron chi connectivity index (χ3n) is 2.52. The second kappa shape index (κ2) is 8.24. The fourth-order valence-electron chi connectivity index (χ4n) is 1.56. The minimum Gasteiger partial charge on any atom is -0.395 e. The number of aliphatic hydroxyl groups excluding tert-OH is 1. The van der Waals surface area contributed by atoms with Crippen LogP contribution in [0.1, 0.15) is 12.0 Å². The average molecular weight is 272 g/mol. The lowest BCUT2D eigenvalue weighted by atomic mass is 10.2. The van der Waals surface area contributed by atoms with Gasteiger partial charge in [-0.15, -0.1) is 0 Å². The summed E-state index contributed by atoms with van der Waals surface area (Å²) in [4.78, 5) is 0. The molecule has 0 radical (unpaired) electrons. The number of hydrogen-bond acceptors (Lipinski definition) is 4. The van der Waals surface area contributed by atoms with Gasteiger partial charge >= 0.3 is 0 Å². The standard InChI is InChI=1S/C13H20O4S/c14-8-12-18(15,16)11-4-9-17-10-7-13-5-2-1-3-6-13/h1-3,5-6,14H,4,7-12H2. The number of benzene rings is 1. The molecule has 0 bridgehead atoms. The first-order valence-electron chi connectivity index (χ1n) is 6.07. The van der Waals surface area contributed by atoms with Crippen molar-refractivity contribution in [2.45, 2.75) is 12.8 Å². The highest BCUT2D eigenvalue weighted by atomic mass is 32.2. The Morgan fingerprint density at radius 1 is 1.06 bits per heavy atom. The van der Waals surface area contributed by atoms with Crippen molar-refractivity contribution < 1.29 is 18.3 Å². The first-order chi connectivity index (χ1) is 8.64. The van der Waals surface area contributed by atoms with Crippen LogP contribution < -0.4 is 0 Å². The van der Waals surface area contributed by atoms with Crippen LogP contribution in [0.2, 0.25) is 0 Å². The minimum atomic E-state index is -3.10. The molecule has 1 aromatic carbocycles. The maximum Gasteiger partial charge on any atom is 0.152 e. The van der Waals surface area contributed by atoms with Gasteiger partial charge in [-0.1, -0.05) is 30.3 Å². The number of aliphatic hydroxyl groups is 1. The summed E-state index contributed by atoms with van der Waals surface area (Å²) in [5, 5.41) is 8.56. The van der Waals surface area contributed by atoms with E-state index in [-0.39, 0.29) is 18.1 Å². The molecule has 0 aliphatic rings. The third-order valence-corrected chi connectivity index (χ3v) is 4.24. The molecule has 18 heavy (non-hydrogen) atoms. The zero-order valence-electron chi connectivity index (χ0n) is 10.4. The highest BCUT2D eigenvalue weighted by Gasteiger charge is 2.08. The molecule has 0 aliphatic heterocycles. The van der Waals surface area contributed by atoms with E-state index in [0.717, 1.165) is 6.42 Å². The van der Waals surface area contributed by atoms with E-state index >= 15 is 0 Å². The van der Waals surface area contributed by atoms with Crippen molar-refractivity contribution >= 4 is 9.84 Å². The largest absolute Gasteiger partial charge is 0.395 e. The van der Waals surface area contributed by atoms with Crippen molar-refractivity contribution in [3.63, 3.8) is 0 Å². The van der Waals surface area contributed by atoms with Gasteiger partial charge in [-0.3, -0.25) is 0 Å². The third kappa shape index (κ3) is 6.74. The first-order valence-corrected chi connectivity index (χ1v) is 7.89. The fourth-order valence-corrected chi connectivity index (χ4v) is 2.60. The van der Waals surface area contributed by atoms with Crippen molar-refractivity contribution in [1.82, 2.24) is 0 Å². The molecule has 4 nitrogen and oxygen atoms in total. The van der Waals surface area contributed by atoms with Crippen LogP contribution in [0.4, 0.5) is 0 Å². The van der Waals surface area contributed by atoms with Gasteiger partial charge < -0.3 is 9.84 Å². The van der Waals surface area contributed by atoms with E-state index < -0.39 is 9.84 Å². The van der Waals surface area contributed by atoms with Crippen LogP contribution in [0.15, 0.2) is 30.3 Å². The van der Waals surface area contributed by atoms with Gasteiger partial charge in [-0.25, -0.2) is 8.42 Å². The molecule has 102 valence electrons. The van der Waals surface area contributed by atoms with Gasteiger partial charge in [0.1, 0.15) is 0 Å². The van der Waals surface area contributed by atoms with Crippen molar-refractivity contribution in [3.8, 4) is 0 Å². The summed E-state index contributed by atoms with van der Waals surface area (Å²) in [7, 11) is -3.10. The smallest absolute Gasteiger partial charge is 0.152 e. The van der Waals surface area contributed by atoms with Crippen LogP contribution in [-0.4, -0.2) is 44.9 Å². The van der Waals surface area contributed by atoms with Gasteiger partial charge in [-0.05, 0) is 18.4 Å². The zero-order chi connectivity index (χ0) is 13.3. The molecule has 0 heterocycles. The van der Waals surface area contributed by atoms with Crippen molar-refractivity contribution in [3.05, 3.63) is 35.9 Å². The van der Waals surface area contributed by atoms with Crippen molar-refractivity contribution in [1.29, 1.82) is 0 Å². The molecule has 0 saturated carbocycles. The lowest BCUT2D eigenvalue weighted by molar-refractivity contribution is 0.138. The quantitative estimate of drug-likeness (QED) is 0.682. The molecule has 0 amide bonds. The predicted molar refractivity (Wildman–Crippen MR) is 71.3 cm³/mol. The van der Waals surface area contributed by atoms with Gasteiger partial charge in [0.05, 0.1) is 24.7 Å². The zero-order valence-corrected chi connectivity index (χ0v) is 11.2. The topological polar surface area (TPSA) is 63.6 Å². The second-order valence-electron chi connectivity index (χ2n) is 4.08. The van der Waals surface area contributed by atoms with Crippen LogP contribution in [0, 0.1) is 0 Å². The van der Waals surface area contributed by atoms with E-state index in [1.807, 2.05) is 30.3 Å². The van der Waals surface area contributed by atoms with E-state index in [1.54, 1.807) is 0 Å². The molecule has 1 N–H and O–H groups in total. The summed E-state index contributed by atoms with van der Waals surface area (Å²) in [5.41, 5.74) is 1.21. The van der Waals surface area contributed by atoms with E-state index in [4.69, 9.17) is 9.84 Å². The van der Waals surface area contributed by atoms with E-state index in [1.165, 1.54) is 5.56 Å².